The number of nitrogens with one attached hydrogen (secondary N) is 1. The molecule has 4 rings (SSSR count). The number of anilines is 2. The summed E-state index contributed by atoms with van der Waals surface area (Å²) in [4.78, 5) is 17.5. The number of methoxy groups -OCH3 is 1. The Kier molecular flexibility index (Phi) is 4.11. The Balaban J connectivity index is 2.04. The molecule has 0 saturated carbocycles. The number of Topliss-reactive ketones (excluding diaryl/α,β-unsaturated/α-hetero) is 1. The lowest BCUT2D eigenvalue weighted by molar-refractivity contribution is -0.118. The van der Waals surface area contributed by atoms with Crippen molar-refractivity contribution in [2.24, 2.45) is 5.41 Å². The Morgan fingerprint density at radius 1 is 1.29 bits per heavy atom. The Labute approximate surface area is 164 Å². The van der Waals surface area contributed by atoms with Crippen LogP contribution in [0.5, 0.6) is 5.88 Å². The molecule has 28 heavy (non-hydrogen) atoms. The summed E-state index contributed by atoms with van der Waals surface area (Å²) in [7, 11) is 1.46. The highest BCUT2D eigenvalue weighted by molar-refractivity contribution is 6.02. The van der Waals surface area contributed by atoms with Crippen LogP contribution in [-0.2, 0) is 4.79 Å². The first kappa shape index (κ1) is 18.1. The molecule has 2 aliphatic rings. The molecule has 1 aliphatic heterocycles. The van der Waals surface area contributed by atoms with E-state index in [0.717, 1.165) is 16.8 Å². The predicted molar refractivity (Wildman–Crippen MR) is 107 cm³/mol. The standard InChI is InChI=1S/C22H22N4O2/c1-22(2)9-14-17(15(27)10-22)16(12-7-5-4-6-8-12)18-19(25-14)13(11-23)21(28-3)26-20(18)24/h4-8,16,25H,9-10H2,1-3H3,(H2,24,26)/t16-/m1/s1. The minimum absolute atomic E-state index is 0.104. The van der Waals surface area contributed by atoms with Gasteiger partial charge in [0.25, 0.3) is 0 Å². The van der Waals surface area contributed by atoms with Gasteiger partial charge in [0.15, 0.2) is 5.78 Å². The predicted octanol–water partition coefficient (Wildman–Crippen LogP) is 3.74. The van der Waals surface area contributed by atoms with Crippen LogP contribution in [0.2, 0.25) is 0 Å². The van der Waals surface area contributed by atoms with Crippen molar-refractivity contribution in [3.05, 3.63) is 58.3 Å². The van der Waals surface area contributed by atoms with Gasteiger partial charge in [-0.15, -0.1) is 0 Å². The van der Waals surface area contributed by atoms with Gasteiger partial charge >= 0.3 is 0 Å². The highest BCUT2D eigenvalue weighted by Crippen LogP contribution is 2.51. The molecule has 0 fully saturated rings. The van der Waals surface area contributed by atoms with Crippen molar-refractivity contribution in [3.63, 3.8) is 0 Å². The second-order valence-electron chi connectivity index (χ2n) is 8.08. The van der Waals surface area contributed by atoms with Crippen LogP contribution in [0.3, 0.4) is 0 Å². The topological polar surface area (TPSA) is 101 Å². The largest absolute Gasteiger partial charge is 0.480 e. The van der Waals surface area contributed by atoms with Gasteiger partial charge in [0.2, 0.25) is 5.88 Å². The number of hydrogen-bond donors (Lipinski definition) is 2. The number of nitrogens with zero attached hydrogens (tertiary/aromatic N) is 2. The fourth-order valence-electron chi connectivity index (χ4n) is 4.32. The maximum Gasteiger partial charge on any atom is 0.235 e. The molecule has 2 aromatic rings. The average Bonchev–Trinajstić information content (AvgIpc) is 2.66. The second-order valence-corrected chi connectivity index (χ2v) is 8.08. The quantitative estimate of drug-likeness (QED) is 0.830. The van der Waals surface area contributed by atoms with Gasteiger partial charge in [-0.1, -0.05) is 44.2 Å². The summed E-state index contributed by atoms with van der Waals surface area (Å²) in [5.41, 5.74) is 10.2. The normalized spacial score (nSPS) is 19.9. The number of ketones is 1. The molecule has 0 amide bonds. The lowest BCUT2D eigenvalue weighted by atomic mass is 9.68. The van der Waals surface area contributed by atoms with E-state index in [2.05, 4.69) is 30.2 Å². The van der Waals surface area contributed by atoms with E-state index in [1.807, 2.05) is 30.3 Å². The lowest BCUT2D eigenvalue weighted by Gasteiger charge is -2.40. The van der Waals surface area contributed by atoms with E-state index in [-0.39, 0.29) is 28.8 Å². The zero-order chi connectivity index (χ0) is 20.1. The molecule has 1 aliphatic carbocycles. The van der Waals surface area contributed by atoms with Gasteiger partial charge in [-0.25, -0.2) is 0 Å². The second kappa shape index (κ2) is 6.38. The number of hydrogen-bond acceptors (Lipinski definition) is 6. The van der Waals surface area contributed by atoms with Crippen molar-refractivity contribution in [2.75, 3.05) is 18.2 Å². The van der Waals surface area contributed by atoms with Crippen molar-refractivity contribution in [2.45, 2.75) is 32.6 Å². The Morgan fingerprint density at radius 2 is 2.00 bits per heavy atom. The van der Waals surface area contributed by atoms with E-state index >= 15 is 0 Å². The van der Waals surface area contributed by atoms with Crippen molar-refractivity contribution >= 4 is 17.3 Å². The fraction of sp³-hybridized carbons (Fsp3) is 0.318. The first-order chi connectivity index (χ1) is 13.4. The molecule has 142 valence electrons. The van der Waals surface area contributed by atoms with Crippen LogP contribution in [0.1, 0.15) is 49.3 Å². The zero-order valence-corrected chi connectivity index (χ0v) is 16.2. The summed E-state index contributed by atoms with van der Waals surface area (Å²) in [6, 6.07) is 12.0. The minimum atomic E-state index is -0.360. The van der Waals surface area contributed by atoms with Crippen LogP contribution in [0.4, 0.5) is 11.5 Å². The average molecular weight is 374 g/mol. The molecular formula is C22H22N4O2. The van der Waals surface area contributed by atoms with E-state index in [1.165, 1.54) is 7.11 Å². The Morgan fingerprint density at radius 3 is 2.64 bits per heavy atom. The number of nitrogens with two attached hydrogens (primary N) is 1. The number of rotatable bonds is 2. The first-order valence-corrected chi connectivity index (χ1v) is 9.22. The van der Waals surface area contributed by atoms with Gasteiger partial charge in [0.05, 0.1) is 12.8 Å². The van der Waals surface area contributed by atoms with Crippen molar-refractivity contribution in [3.8, 4) is 11.9 Å². The van der Waals surface area contributed by atoms with Crippen LogP contribution >= 0.6 is 0 Å². The van der Waals surface area contributed by atoms with Crippen LogP contribution < -0.4 is 15.8 Å². The maximum absolute atomic E-state index is 13.2. The molecule has 2 heterocycles. The SMILES string of the molecule is COc1nc(N)c2c(c1C#N)NC1=C(C(=O)CC(C)(C)C1)[C@H]2c1ccccc1. The molecule has 0 bridgehead atoms. The third-order valence-electron chi connectivity index (χ3n) is 5.44. The Hall–Kier alpha value is -3.33. The number of nitriles is 1. The summed E-state index contributed by atoms with van der Waals surface area (Å²) >= 11 is 0. The number of ether oxygens (including phenoxy) is 1. The molecular weight excluding hydrogens is 352 g/mol. The number of carbonyl (C=O) groups excluding carboxylic acids is 1. The van der Waals surface area contributed by atoms with Gasteiger partial charge in [0, 0.05) is 29.2 Å². The van der Waals surface area contributed by atoms with E-state index < -0.39 is 0 Å². The summed E-state index contributed by atoms with van der Waals surface area (Å²) in [5, 5.41) is 13.1. The van der Waals surface area contributed by atoms with Crippen molar-refractivity contribution < 1.29 is 9.53 Å². The number of carbonyl (C=O) groups is 1. The van der Waals surface area contributed by atoms with Gasteiger partial charge < -0.3 is 15.8 Å². The van der Waals surface area contributed by atoms with Crippen molar-refractivity contribution in [1.29, 1.82) is 5.26 Å². The number of benzene rings is 1. The van der Waals surface area contributed by atoms with Crippen LogP contribution in [0, 0.1) is 16.7 Å². The van der Waals surface area contributed by atoms with Gasteiger partial charge in [-0.3, -0.25) is 4.79 Å². The molecule has 1 aromatic heterocycles. The molecule has 0 radical (unpaired) electrons. The maximum atomic E-state index is 13.2. The summed E-state index contributed by atoms with van der Waals surface area (Å²) in [6.07, 6.45) is 1.19. The number of fused-ring (bicyclic) bond motifs is 1. The molecule has 0 spiro atoms. The zero-order valence-electron chi connectivity index (χ0n) is 16.2. The summed E-state index contributed by atoms with van der Waals surface area (Å²) in [6.45, 7) is 4.16. The van der Waals surface area contributed by atoms with E-state index in [0.29, 0.717) is 29.7 Å². The van der Waals surface area contributed by atoms with Gasteiger partial charge in [-0.05, 0) is 17.4 Å². The number of pyridine rings is 1. The monoisotopic (exact) mass is 374 g/mol. The van der Waals surface area contributed by atoms with Gasteiger partial charge in [-0.2, -0.15) is 10.2 Å². The molecule has 1 atom stereocenters. The molecule has 6 heteroatoms. The van der Waals surface area contributed by atoms with Crippen molar-refractivity contribution in [1.82, 2.24) is 4.98 Å². The molecule has 1 aromatic carbocycles. The highest BCUT2D eigenvalue weighted by Gasteiger charge is 2.42. The summed E-state index contributed by atoms with van der Waals surface area (Å²) in [5.74, 6) is 0.188. The Bertz CT molecular complexity index is 1050. The van der Waals surface area contributed by atoms with Crippen LogP contribution in [0.15, 0.2) is 41.6 Å². The highest BCUT2D eigenvalue weighted by atomic mass is 16.5. The molecule has 3 N–H and O–H groups in total. The smallest absolute Gasteiger partial charge is 0.235 e. The lowest BCUT2D eigenvalue weighted by Crippen LogP contribution is -2.34. The van der Waals surface area contributed by atoms with Crippen LogP contribution in [-0.4, -0.2) is 17.9 Å². The van der Waals surface area contributed by atoms with Gasteiger partial charge in [0.1, 0.15) is 17.5 Å². The molecule has 0 unspecified atom stereocenters. The number of nitrogen functional groups attached to an aromatic ring is 1. The van der Waals surface area contributed by atoms with E-state index in [1.54, 1.807) is 0 Å². The molecule has 6 nitrogen and oxygen atoms in total. The fourth-order valence-corrected chi connectivity index (χ4v) is 4.32. The summed E-state index contributed by atoms with van der Waals surface area (Å²) < 4.78 is 5.29. The third-order valence-corrected chi connectivity index (χ3v) is 5.44. The van der Waals surface area contributed by atoms with Crippen LogP contribution in [0.25, 0.3) is 0 Å². The minimum Gasteiger partial charge on any atom is -0.480 e. The number of allylic oxidation sites excluding steroid dienone is 2. The first-order valence-electron chi connectivity index (χ1n) is 9.22. The number of aromatic nitrogens is 1. The van der Waals surface area contributed by atoms with E-state index in [9.17, 15) is 10.1 Å². The van der Waals surface area contributed by atoms with E-state index in [4.69, 9.17) is 10.5 Å². The third kappa shape index (κ3) is 2.71. The molecule has 0 saturated heterocycles.